The molecular weight excluding hydrogens is 170 g/mol. The van der Waals surface area contributed by atoms with Crippen molar-refractivity contribution in [1.29, 1.82) is 0 Å². The van der Waals surface area contributed by atoms with Gasteiger partial charge in [0.25, 0.3) is 5.97 Å². The van der Waals surface area contributed by atoms with Crippen molar-refractivity contribution in [3.8, 4) is 0 Å². The van der Waals surface area contributed by atoms with E-state index < -0.39 is 10.9 Å². The quantitative estimate of drug-likeness (QED) is 0.473. The van der Waals surface area contributed by atoms with Crippen LogP contribution in [0.15, 0.2) is 10.8 Å². The van der Waals surface area contributed by atoms with Crippen molar-refractivity contribution >= 4 is 11.8 Å². The number of aromatic nitrogens is 2. The molecule has 0 aromatic carbocycles. The van der Waals surface area contributed by atoms with Crippen molar-refractivity contribution in [2.75, 3.05) is 0 Å². The second-order valence-corrected chi connectivity index (χ2v) is 1.54. The summed E-state index contributed by atoms with van der Waals surface area (Å²) in [7, 11) is 0. The van der Waals surface area contributed by atoms with E-state index in [0.717, 1.165) is 13.1 Å². The summed E-state index contributed by atoms with van der Waals surface area (Å²) in [6, 6.07) is 0. The summed E-state index contributed by atoms with van der Waals surface area (Å²) in [5.41, 5.74) is 0. The molecule has 1 aromatic rings. The second-order valence-electron chi connectivity index (χ2n) is 1.54. The van der Waals surface area contributed by atoms with Crippen molar-refractivity contribution in [2.24, 2.45) is 0 Å². The number of nitro groups is 1. The lowest BCUT2D eigenvalue weighted by Gasteiger charge is -1.78. The van der Waals surface area contributed by atoms with Gasteiger partial charge in [0, 0.05) is 6.92 Å². The van der Waals surface area contributed by atoms with Crippen LogP contribution in [-0.2, 0) is 4.79 Å². The average molecular weight is 175 g/mol. The molecule has 1 aromatic heterocycles. The van der Waals surface area contributed by atoms with E-state index in [1.54, 1.807) is 0 Å². The van der Waals surface area contributed by atoms with E-state index in [9.17, 15) is 10.1 Å². The third-order valence-electron chi connectivity index (χ3n) is 0.537. The number of nitrogens with zero attached hydrogens (tertiary/aromatic N) is 3. The molecule has 0 amide bonds. The fraction of sp³-hybridized carbons (Fsp3) is 0.250. The highest BCUT2D eigenvalue weighted by molar-refractivity contribution is 5.62. The van der Waals surface area contributed by atoms with Gasteiger partial charge in [-0.2, -0.15) is 0 Å². The number of aliphatic carboxylic acids is 1. The molecule has 1 rings (SSSR count). The van der Waals surface area contributed by atoms with Crippen LogP contribution in [0.5, 0.6) is 0 Å². The minimum Gasteiger partial charge on any atom is -0.481 e. The Labute approximate surface area is 65.9 Å². The zero-order valence-electron chi connectivity index (χ0n) is 6.00. The van der Waals surface area contributed by atoms with Crippen LogP contribution in [0.3, 0.4) is 0 Å². The zero-order valence-corrected chi connectivity index (χ0v) is 6.00. The molecule has 1 N–H and O–H groups in total. The second kappa shape index (κ2) is 4.77. The van der Waals surface area contributed by atoms with Crippen LogP contribution in [0.4, 0.5) is 5.82 Å². The number of hydrogen-bond donors (Lipinski definition) is 1. The van der Waals surface area contributed by atoms with Crippen molar-refractivity contribution in [3.63, 3.8) is 0 Å². The van der Waals surface area contributed by atoms with Crippen molar-refractivity contribution in [2.45, 2.75) is 6.92 Å². The number of hydrogen-bond acceptors (Lipinski definition) is 6. The highest BCUT2D eigenvalue weighted by Gasteiger charge is 2.08. The molecule has 0 radical (unpaired) electrons. The predicted octanol–water partition coefficient (Wildman–Crippen LogP) is 0.0687. The molecule has 0 atom stereocenters. The van der Waals surface area contributed by atoms with Gasteiger partial charge in [-0.05, 0) is 10.1 Å². The largest absolute Gasteiger partial charge is 0.481 e. The molecule has 0 aliphatic carbocycles. The maximum atomic E-state index is 9.71. The van der Waals surface area contributed by atoms with Gasteiger partial charge in [-0.1, -0.05) is 0 Å². The van der Waals surface area contributed by atoms with E-state index in [2.05, 4.69) is 14.9 Å². The van der Waals surface area contributed by atoms with Crippen LogP contribution in [0.2, 0.25) is 0 Å². The van der Waals surface area contributed by atoms with Gasteiger partial charge in [0.1, 0.15) is 0 Å². The zero-order chi connectivity index (χ0) is 9.56. The molecule has 0 saturated heterocycles. The fourth-order valence-corrected chi connectivity index (χ4v) is 0.240. The Morgan fingerprint density at radius 2 is 2.33 bits per heavy atom. The molecule has 66 valence electrons. The van der Waals surface area contributed by atoms with Crippen LogP contribution in [0.1, 0.15) is 6.92 Å². The molecule has 0 aliphatic heterocycles. The Bertz CT molecular complexity index is 252. The summed E-state index contributed by atoms with van der Waals surface area (Å²) in [6.07, 6.45) is 0.931. The Balaban J connectivity index is 0.000000261. The third-order valence-corrected chi connectivity index (χ3v) is 0.537. The molecule has 8 heteroatoms. The standard InChI is InChI=1S/C2HN3O3.C2H4O2/c6-5(7)2-1-3-8-4-2;1-2(3)4/h1H;1H3,(H,3,4). The highest BCUT2D eigenvalue weighted by Crippen LogP contribution is 1.99. The smallest absolute Gasteiger partial charge is 0.434 e. The van der Waals surface area contributed by atoms with E-state index in [1.165, 1.54) is 0 Å². The summed E-state index contributed by atoms with van der Waals surface area (Å²) in [5.74, 6) is -1.20. The fourth-order valence-electron chi connectivity index (χ4n) is 0.240. The van der Waals surface area contributed by atoms with E-state index in [-0.39, 0.29) is 5.82 Å². The van der Waals surface area contributed by atoms with Crippen LogP contribution in [0.25, 0.3) is 0 Å². The van der Waals surface area contributed by atoms with E-state index >= 15 is 0 Å². The lowest BCUT2D eigenvalue weighted by atomic mass is 10.8. The molecule has 0 fully saturated rings. The van der Waals surface area contributed by atoms with Crippen LogP contribution >= 0.6 is 0 Å². The first-order valence-electron chi connectivity index (χ1n) is 2.65. The Morgan fingerprint density at radius 1 is 1.83 bits per heavy atom. The molecular formula is C4H5N3O5. The van der Waals surface area contributed by atoms with Crippen LogP contribution in [-0.4, -0.2) is 26.3 Å². The molecule has 1 heterocycles. The van der Waals surface area contributed by atoms with Crippen LogP contribution in [0, 0.1) is 10.1 Å². The van der Waals surface area contributed by atoms with Crippen molar-refractivity contribution in [3.05, 3.63) is 16.3 Å². The lowest BCUT2D eigenvalue weighted by Crippen LogP contribution is -1.85. The van der Waals surface area contributed by atoms with Gasteiger partial charge < -0.3 is 15.2 Å². The number of carboxylic acid groups (broad SMARTS) is 1. The monoisotopic (exact) mass is 175 g/mol. The maximum Gasteiger partial charge on any atom is 0.434 e. The first-order chi connectivity index (χ1) is 5.54. The SMILES string of the molecule is CC(=O)O.O=[N+]([O-])c1cnon1. The molecule has 8 nitrogen and oxygen atoms in total. The summed E-state index contributed by atoms with van der Waals surface area (Å²) in [4.78, 5) is 18.0. The minimum atomic E-state index is -0.833. The first kappa shape index (κ1) is 10.0. The molecule has 0 spiro atoms. The van der Waals surface area contributed by atoms with Gasteiger partial charge in [-0.3, -0.25) is 4.79 Å². The average Bonchev–Trinajstić information content (AvgIpc) is 2.34. The Kier molecular flexibility index (Phi) is 3.98. The molecule has 0 unspecified atom stereocenters. The number of carbonyl (C=O) groups is 1. The van der Waals surface area contributed by atoms with Crippen LogP contribution < -0.4 is 0 Å². The normalized spacial score (nSPS) is 8.08. The summed E-state index contributed by atoms with van der Waals surface area (Å²) in [5, 5.41) is 23.1. The molecule has 12 heavy (non-hydrogen) atoms. The van der Waals surface area contributed by atoms with Gasteiger partial charge in [0.2, 0.25) is 0 Å². The summed E-state index contributed by atoms with van der Waals surface area (Å²) in [6.45, 7) is 1.08. The van der Waals surface area contributed by atoms with Gasteiger partial charge in [0.15, 0.2) is 11.4 Å². The lowest BCUT2D eigenvalue weighted by molar-refractivity contribution is -0.390. The minimum absolute atomic E-state index is 0.370. The third kappa shape index (κ3) is 4.85. The molecule has 0 aliphatic rings. The van der Waals surface area contributed by atoms with E-state index in [1.807, 2.05) is 0 Å². The van der Waals surface area contributed by atoms with Gasteiger partial charge in [-0.25, -0.2) is 0 Å². The van der Waals surface area contributed by atoms with Gasteiger partial charge >= 0.3 is 5.82 Å². The molecule has 0 bridgehead atoms. The maximum absolute atomic E-state index is 9.71. The number of rotatable bonds is 1. The van der Waals surface area contributed by atoms with Crippen molar-refractivity contribution in [1.82, 2.24) is 10.3 Å². The Hall–Kier alpha value is -1.99. The predicted molar refractivity (Wildman–Crippen MR) is 34.3 cm³/mol. The number of carboxylic acids is 1. The van der Waals surface area contributed by atoms with Crippen molar-refractivity contribution < 1.29 is 19.5 Å². The van der Waals surface area contributed by atoms with Gasteiger partial charge in [0.05, 0.1) is 0 Å². The topological polar surface area (TPSA) is 119 Å². The van der Waals surface area contributed by atoms with Gasteiger partial charge in [-0.15, -0.1) is 4.63 Å². The first-order valence-corrected chi connectivity index (χ1v) is 2.65. The Morgan fingerprint density at radius 3 is 2.50 bits per heavy atom. The summed E-state index contributed by atoms with van der Waals surface area (Å²) < 4.78 is 3.93. The highest BCUT2D eigenvalue weighted by atomic mass is 16.6. The van der Waals surface area contributed by atoms with E-state index in [4.69, 9.17) is 9.90 Å². The van der Waals surface area contributed by atoms with E-state index in [0.29, 0.717) is 0 Å². The molecule has 0 saturated carbocycles. The summed E-state index contributed by atoms with van der Waals surface area (Å²) >= 11 is 0.